The van der Waals surface area contributed by atoms with Crippen molar-refractivity contribution in [3.8, 4) is 0 Å². The van der Waals surface area contributed by atoms with Gasteiger partial charge in [0, 0.05) is 4.91 Å². The van der Waals surface area contributed by atoms with E-state index in [9.17, 15) is 0 Å². The summed E-state index contributed by atoms with van der Waals surface area (Å²) in [6.07, 6.45) is 4.47. The molecule has 0 saturated carbocycles. The quantitative estimate of drug-likeness (QED) is 0.296. The second kappa shape index (κ2) is 2.79. The minimum absolute atomic E-state index is 0.0226. The molecule has 10 heavy (non-hydrogen) atoms. The molecule has 3 nitrogen and oxygen atoms in total. The molecular formula is C6H8N2OS. The largest absolute Gasteiger partial charge is 0.485 e. The molecule has 1 aliphatic heterocycles. The zero-order valence-corrected chi connectivity index (χ0v) is 6.14. The Morgan fingerprint density at radius 2 is 2.50 bits per heavy atom. The topological polar surface area (TPSA) is 59.1 Å². The van der Waals surface area contributed by atoms with Gasteiger partial charge in [-0.2, -0.15) is 0 Å². The fraction of sp³-hybridized carbons (Fsp3) is 0.167. The highest BCUT2D eigenvalue weighted by atomic mass is 32.1. The van der Waals surface area contributed by atoms with Gasteiger partial charge in [0.1, 0.15) is 5.84 Å². The molecule has 3 N–H and O–H groups in total. The predicted molar refractivity (Wildman–Crippen MR) is 43.0 cm³/mol. The van der Waals surface area contributed by atoms with Crippen molar-refractivity contribution in [1.29, 1.82) is 5.41 Å². The lowest BCUT2D eigenvalue weighted by molar-refractivity contribution is 0.234. The van der Waals surface area contributed by atoms with Crippen LogP contribution in [0.1, 0.15) is 0 Å². The summed E-state index contributed by atoms with van der Waals surface area (Å²) in [7, 11) is 0. The minimum Gasteiger partial charge on any atom is -0.485 e. The summed E-state index contributed by atoms with van der Waals surface area (Å²) in [6, 6.07) is 0. The smallest absolute Gasteiger partial charge is 0.184 e. The lowest BCUT2D eigenvalue weighted by atomic mass is 10.2. The number of amidine groups is 1. The second-order valence-electron chi connectivity index (χ2n) is 1.89. The average Bonchev–Trinajstić information content (AvgIpc) is 1.88. The van der Waals surface area contributed by atoms with E-state index in [0.29, 0.717) is 4.91 Å². The van der Waals surface area contributed by atoms with Gasteiger partial charge >= 0.3 is 0 Å². The number of allylic oxidation sites excluding steroid dienone is 2. The number of ether oxygens (including phenoxy) is 1. The molecule has 1 rings (SSSR count). The van der Waals surface area contributed by atoms with E-state index in [-0.39, 0.29) is 5.84 Å². The maximum Gasteiger partial charge on any atom is 0.184 e. The summed E-state index contributed by atoms with van der Waals surface area (Å²) in [5.41, 5.74) is 5.19. The van der Waals surface area contributed by atoms with Gasteiger partial charge in [-0.3, -0.25) is 5.41 Å². The molecule has 0 fully saturated rings. The van der Waals surface area contributed by atoms with Crippen LogP contribution in [0.4, 0.5) is 0 Å². The highest BCUT2D eigenvalue weighted by Crippen LogP contribution is 2.15. The molecule has 0 spiro atoms. The summed E-state index contributed by atoms with van der Waals surface area (Å²) in [5.74, 6) is -0.0226. The summed E-state index contributed by atoms with van der Waals surface area (Å²) in [4.78, 5) is 0.662. The van der Waals surface area contributed by atoms with E-state index in [1.807, 2.05) is 0 Å². The van der Waals surface area contributed by atoms with Gasteiger partial charge in [-0.05, 0) is 12.2 Å². The van der Waals surface area contributed by atoms with Crippen LogP contribution < -0.4 is 5.73 Å². The minimum atomic E-state index is -0.478. The molecular weight excluding hydrogens is 148 g/mol. The van der Waals surface area contributed by atoms with Crippen LogP contribution in [0.15, 0.2) is 23.3 Å². The molecule has 0 aliphatic carbocycles. The SMILES string of the molecule is N=C(N)C1OC=CC=C1S. The molecule has 0 bridgehead atoms. The Labute approximate surface area is 64.5 Å². The highest BCUT2D eigenvalue weighted by molar-refractivity contribution is 7.84. The Morgan fingerprint density at radius 3 is 2.90 bits per heavy atom. The maximum atomic E-state index is 7.05. The van der Waals surface area contributed by atoms with Crippen LogP contribution in [-0.4, -0.2) is 11.9 Å². The first-order valence-corrected chi connectivity index (χ1v) is 3.21. The van der Waals surface area contributed by atoms with Gasteiger partial charge in [-0.15, -0.1) is 12.6 Å². The zero-order chi connectivity index (χ0) is 7.56. The Bertz CT molecular complexity index is 210. The number of nitrogens with two attached hydrogens (primary N) is 1. The van der Waals surface area contributed by atoms with Crippen LogP contribution in [0.25, 0.3) is 0 Å². The summed E-state index contributed by atoms with van der Waals surface area (Å²) < 4.78 is 4.98. The number of nitrogens with one attached hydrogen (secondary N) is 1. The first-order chi connectivity index (χ1) is 4.72. The highest BCUT2D eigenvalue weighted by Gasteiger charge is 2.16. The van der Waals surface area contributed by atoms with E-state index in [4.69, 9.17) is 15.9 Å². The Hall–Kier alpha value is -0.900. The van der Waals surface area contributed by atoms with Crippen LogP contribution in [0.5, 0.6) is 0 Å². The Morgan fingerprint density at radius 1 is 1.80 bits per heavy atom. The number of thiol groups is 1. The molecule has 0 aromatic carbocycles. The van der Waals surface area contributed by atoms with Gasteiger partial charge in [0.15, 0.2) is 6.10 Å². The summed E-state index contributed by atoms with van der Waals surface area (Å²) in [6.45, 7) is 0. The van der Waals surface area contributed by atoms with Gasteiger partial charge < -0.3 is 10.5 Å². The zero-order valence-electron chi connectivity index (χ0n) is 5.24. The van der Waals surface area contributed by atoms with Crippen molar-refractivity contribution in [2.45, 2.75) is 6.10 Å². The molecule has 0 radical (unpaired) electrons. The van der Waals surface area contributed by atoms with Crippen LogP contribution in [0, 0.1) is 5.41 Å². The van der Waals surface area contributed by atoms with E-state index in [1.165, 1.54) is 6.26 Å². The van der Waals surface area contributed by atoms with Gasteiger partial charge in [-0.25, -0.2) is 0 Å². The summed E-state index contributed by atoms with van der Waals surface area (Å²) in [5, 5.41) is 7.05. The van der Waals surface area contributed by atoms with Crippen molar-refractivity contribution in [3.05, 3.63) is 23.3 Å². The number of rotatable bonds is 1. The standard InChI is InChI=1S/C6H8N2OS/c7-6(8)5-4(10)2-1-3-9-5/h1-3,5,10H,(H3,7,8). The number of hydrogen-bond acceptors (Lipinski definition) is 3. The third-order valence-electron chi connectivity index (χ3n) is 1.11. The maximum absolute atomic E-state index is 7.05. The van der Waals surface area contributed by atoms with Crippen LogP contribution in [0.2, 0.25) is 0 Å². The first-order valence-electron chi connectivity index (χ1n) is 2.77. The van der Waals surface area contributed by atoms with Crippen molar-refractivity contribution in [2.75, 3.05) is 0 Å². The van der Waals surface area contributed by atoms with E-state index < -0.39 is 6.10 Å². The van der Waals surface area contributed by atoms with Crippen molar-refractivity contribution in [1.82, 2.24) is 0 Å². The van der Waals surface area contributed by atoms with E-state index in [2.05, 4.69) is 12.6 Å². The van der Waals surface area contributed by atoms with Gasteiger partial charge in [0.2, 0.25) is 0 Å². The molecule has 0 aromatic rings. The molecule has 0 aromatic heterocycles. The second-order valence-corrected chi connectivity index (χ2v) is 2.41. The molecule has 1 heterocycles. The molecule has 0 saturated heterocycles. The van der Waals surface area contributed by atoms with Crippen molar-refractivity contribution < 1.29 is 4.74 Å². The lowest BCUT2D eigenvalue weighted by Crippen LogP contribution is -2.30. The molecule has 0 amide bonds. The van der Waals surface area contributed by atoms with Gasteiger partial charge in [-0.1, -0.05) is 0 Å². The lowest BCUT2D eigenvalue weighted by Gasteiger charge is -2.16. The van der Waals surface area contributed by atoms with Gasteiger partial charge in [0.05, 0.1) is 6.26 Å². The van der Waals surface area contributed by atoms with Crippen LogP contribution >= 0.6 is 12.6 Å². The predicted octanol–water partition coefficient (Wildman–Crippen LogP) is 0.649. The molecule has 1 unspecified atom stereocenters. The van der Waals surface area contributed by atoms with Crippen molar-refractivity contribution in [3.63, 3.8) is 0 Å². The summed E-state index contributed by atoms with van der Waals surface area (Å²) >= 11 is 4.06. The van der Waals surface area contributed by atoms with E-state index >= 15 is 0 Å². The molecule has 54 valence electrons. The van der Waals surface area contributed by atoms with Crippen LogP contribution in [0.3, 0.4) is 0 Å². The van der Waals surface area contributed by atoms with Crippen molar-refractivity contribution >= 4 is 18.5 Å². The third kappa shape index (κ3) is 1.33. The third-order valence-corrected chi connectivity index (χ3v) is 1.49. The molecule has 1 atom stereocenters. The van der Waals surface area contributed by atoms with E-state index in [1.54, 1.807) is 12.2 Å². The Balaban J connectivity index is 2.73. The normalized spacial score (nSPS) is 23.3. The van der Waals surface area contributed by atoms with Crippen molar-refractivity contribution in [2.24, 2.45) is 5.73 Å². The molecule has 1 aliphatic rings. The fourth-order valence-corrected chi connectivity index (χ4v) is 0.938. The first kappa shape index (κ1) is 7.21. The molecule has 4 heteroatoms. The van der Waals surface area contributed by atoms with Gasteiger partial charge in [0.25, 0.3) is 0 Å². The number of hydrogen-bond donors (Lipinski definition) is 3. The fourth-order valence-electron chi connectivity index (χ4n) is 0.652. The Kier molecular flexibility index (Phi) is 2.01. The average molecular weight is 156 g/mol. The van der Waals surface area contributed by atoms with Crippen LogP contribution in [-0.2, 0) is 4.74 Å². The van der Waals surface area contributed by atoms with E-state index in [0.717, 1.165) is 0 Å². The monoisotopic (exact) mass is 156 g/mol.